The van der Waals surface area contributed by atoms with Crippen LogP contribution in [0.15, 0.2) is 47.8 Å². The molecule has 0 spiro atoms. The van der Waals surface area contributed by atoms with Crippen molar-refractivity contribution < 1.29 is 0 Å². The summed E-state index contributed by atoms with van der Waals surface area (Å²) in [6.07, 6.45) is 5.45. The van der Waals surface area contributed by atoms with Gasteiger partial charge in [-0.2, -0.15) is 11.8 Å². The van der Waals surface area contributed by atoms with Gasteiger partial charge in [0.1, 0.15) is 0 Å². The maximum Gasteiger partial charge on any atom is 0.188 e. The first-order valence-electron chi connectivity index (χ1n) is 7.93. The van der Waals surface area contributed by atoms with Gasteiger partial charge in [-0.3, -0.25) is 4.99 Å². The molecule has 1 atom stereocenters. The molecule has 23 heavy (non-hydrogen) atoms. The summed E-state index contributed by atoms with van der Waals surface area (Å²) in [6.45, 7) is 3.79. The monoisotopic (exact) mass is 331 g/mol. The van der Waals surface area contributed by atoms with Gasteiger partial charge in [0.05, 0.1) is 6.33 Å². The Morgan fingerprint density at radius 1 is 1.39 bits per heavy atom. The molecular weight excluding hydrogens is 306 g/mol. The van der Waals surface area contributed by atoms with Gasteiger partial charge in [-0.1, -0.05) is 30.3 Å². The van der Waals surface area contributed by atoms with Gasteiger partial charge >= 0.3 is 0 Å². The fraction of sp³-hybridized carbons (Fsp3) is 0.412. The van der Waals surface area contributed by atoms with Crippen molar-refractivity contribution in [2.24, 2.45) is 10.7 Å². The molecule has 1 aromatic carbocycles. The van der Waals surface area contributed by atoms with Crippen LogP contribution >= 0.6 is 11.8 Å². The van der Waals surface area contributed by atoms with E-state index < -0.39 is 0 Å². The number of aliphatic imine (C=N–C) groups is 1. The zero-order valence-corrected chi connectivity index (χ0v) is 14.4. The SMILES string of the molecule is CC(SCCNC(N)=NCCCc1cnc[nH]1)c1ccccc1. The molecule has 2 aromatic rings. The van der Waals surface area contributed by atoms with Gasteiger partial charge in [-0.05, 0) is 25.3 Å². The van der Waals surface area contributed by atoms with Gasteiger partial charge in [0.25, 0.3) is 0 Å². The molecule has 1 aromatic heterocycles. The number of aryl methyl sites for hydroxylation is 1. The highest BCUT2D eigenvalue weighted by Crippen LogP contribution is 2.26. The van der Waals surface area contributed by atoms with Gasteiger partial charge in [0.15, 0.2) is 5.96 Å². The minimum absolute atomic E-state index is 0.491. The Bertz CT molecular complexity index is 568. The maximum atomic E-state index is 5.87. The molecule has 0 bridgehead atoms. The highest BCUT2D eigenvalue weighted by molar-refractivity contribution is 7.99. The third kappa shape index (κ3) is 6.78. The quantitative estimate of drug-likeness (QED) is 0.375. The lowest BCUT2D eigenvalue weighted by Crippen LogP contribution is -2.33. The molecule has 2 rings (SSSR count). The lowest BCUT2D eigenvalue weighted by molar-refractivity contribution is 0.806. The number of nitrogens with one attached hydrogen (secondary N) is 2. The number of benzene rings is 1. The molecular formula is C17H25N5S. The fourth-order valence-corrected chi connectivity index (χ4v) is 3.10. The first kappa shape index (κ1) is 17.4. The molecule has 1 unspecified atom stereocenters. The van der Waals surface area contributed by atoms with Gasteiger partial charge in [-0.25, -0.2) is 4.98 Å². The van der Waals surface area contributed by atoms with E-state index in [0.29, 0.717) is 11.2 Å². The first-order valence-corrected chi connectivity index (χ1v) is 8.98. The van der Waals surface area contributed by atoms with Crippen molar-refractivity contribution in [1.82, 2.24) is 15.3 Å². The number of guanidine groups is 1. The first-order chi connectivity index (χ1) is 11.3. The van der Waals surface area contributed by atoms with Crippen LogP contribution < -0.4 is 11.1 Å². The molecule has 0 fully saturated rings. The van der Waals surface area contributed by atoms with Crippen LogP contribution in [0.2, 0.25) is 0 Å². The van der Waals surface area contributed by atoms with Crippen LogP contribution in [-0.4, -0.2) is 34.8 Å². The zero-order chi connectivity index (χ0) is 16.3. The van der Waals surface area contributed by atoms with Crippen molar-refractivity contribution in [2.75, 3.05) is 18.8 Å². The highest BCUT2D eigenvalue weighted by atomic mass is 32.2. The summed E-state index contributed by atoms with van der Waals surface area (Å²) in [5.41, 5.74) is 8.37. The summed E-state index contributed by atoms with van der Waals surface area (Å²) in [5, 5.41) is 3.66. The Balaban J connectivity index is 1.55. The third-order valence-electron chi connectivity index (χ3n) is 3.49. The lowest BCUT2D eigenvalue weighted by Gasteiger charge is -2.12. The summed E-state index contributed by atoms with van der Waals surface area (Å²) >= 11 is 1.91. The molecule has 6 heteroatoms. The Morgan fingerprint density at radius 3 is 2.96 bits per heavy atom. The average molecular weight is 331 g/mol. The van der Waals surface area contributed by atoms with Crippen molar-refractivity contribution in [1.29, 1.82) is 0 Å². The topological polar surface area (TPSA) is 79.1 Å². The predicted molar refractivity (Wildman–Crippen MR) is 98.7 cm³/mol. The van der Waals surface area contributed by atoms with Crippen LogP contribution in [0.1, 0.15) is 29.9 Å². The lowest BCUT2D eigenvalue weighted by atomic mass is 10.2. The predicted octanol–water partition coefficient (Wildman–Crippen LogP) is 2.74. The van der Waals surface area contributed by atoms with E-state index in [1.807, 2.05) is 24.0 Å². The van der Waals surface area contributed by atoms with Crippen molar-refractivity contribution >= 4 is 17.7 Å². The zero-order valence-electron chi connectivity index (χ0n) is 13.5. The number of imidazole rings is 1. The second kappa shape index (κ2) is 9.94. The molecule has 0 aliphatic carbocycles. The molecule has 0 saturated heterocycles. The number of aromatic amines is 1. The second-order valence-electron chi connectivity index (χ2n) is 5.30. The maximum absolute atomic E-state index is 5.87. The number of aromatic nitrogens is 2. The van der Waals surface area contributed by atoms with Crippen LogP contribution in [-0.2, 0) is 6.42 Å². The standard InChI is InChI=1S/C17H25N5S/c1-14(15-6-3-2-4-7-15)23-11-10-21-17(18)20-9-5-8-16-12-19-13-22-16/h2-4,6-7,12-14H,5,8-11H2,1H3,(H,19,22)(H3,18,20,21). The normalized spacial score (nSPS) is 13.0. The molecule has 5 nitrogen and oxygen atoms in total. The van der Waals surface area contributed by atoms with E-state index in [0.717, 1.165) is 37.4 Å². The minimum Gasteiger partial charge on any atom is -0.370 e. The Kier molecular flexibility index (Phi) is 7.52. The Morgan fingerprint density at radius 2 is 2.22 bits per heavy atom. The largest absolute Gasteiger partial charge is 0.370 e. The third-order valence-corrected chi connectivity index (χ3v) is 4.70. The number of H-pyrrole nitrogens is 1. The van der Waals surface area contributed by atoms with E-state index in [4.69, 9.17) is 5.73 Å². The summed E-state index contributed by atoms with van der Waals surface area (Å²) in [7, 11) is 0. The summed E-state index contributed by atoms with van der Waals surface area (Å²) in [4.78, 5) is 11.4. The molecule has 0 aliphatic rings. The van der Waals surface area contributed by atoms with E-state index in [2.05, 4.69) is 51.5 Å². The number of nitrogens with two attached hydrogens (primary N) is 1. The van der Waals surface area contributed by atoms with E-state index in [-0.39, 0.29) is 0 Å². The molecule has 0 aliphatic heterocycles. The fourth-order valence-electron chi connectivity index (χ4n) is 2.18. The number of hydrogen-bond acceptors (Lipinski definition) is 3. The number of nitrogens with zero attached hydrogens (tertiary/aromatic N) is 2. The van der Waals surface area contributed by atoms with E-state index in [1.54, 1.807) is 6.33 Å². The highest BCUT2D eigenvalue weighted by Gasteiger charge is 2.04. The van der Waals surface area contributed by atoms with Crippen LogP contribution in [0.5, 0.6) is 0 Å². The molecule has 0 amide bonds. The van der Waals surface area contributed by atoms with E-state index in [9.17, 15) is 0 Å². The molecule has 0 radical (unpaired) electrons. The van der Waals surface area contributed by atoms with Crippen LogP contribution in [0, 0.1) is 0 Å². The van der Waals surface area contributed by atoms with Gasteiger partial charge < -0.3 is 16.0 Å². The molecule has 4 N–H and O–H groups in total. The van der Waals surface area contributed by atoms with Crippen molar-refractivity contribution in [2.45, 2.75) is 25.0 Å². The van der Waals surface area contributed by atoms with E-state index >= 15 is 0 Å². The number of hydrogen-bond donors (Lipinski definition) is 3. The minimum atomic E-state index is 0.491. The van der Waals surface area contributed by atoms with Crippen LogP contribution in [0.3, 0.4) is 0 Å². The van der Waals surface area contributed by atoms with Crippen molar-refractivity contribution in [3.63, 3.8) is 0 Å². The summed E-state index contributed by atoms with van der Waals surface area (Å²) in [5.74, 6) is 1.53. The molecule has 0 saturated carbocycles. The van der Waals surface area contributed by atoms with Crippen molar-refractivity contribution in [3.05, 3.63) is 54.1 Å². The molecule has 124 valence electrons. The Hall–Kier alpha value is -1.95. The number of rotatable bonds is 9. The van der Waals surface area contributed by atoms with E-state index in [1.165, 1.54) is 5.56 Å². The summed E-state index contributed by atoms with van der Waals surface area (Å²) in [6, 6.07) is 10.5. The van der Waals surface area contributed by atoms with Crippen molar-refractivity contribution in [3.8, 4) is 0 Å². The average Bonchev–Trinajstić information content (AvgIpc) is 3.09. The van der Waals surface area contributed by atoms with Gasteiger partial charge in [0.2, 0.25) is 0 Å². The second-order valence-corrected chi connectivity index (χ2v) is 6.75. The van der Waals surface area contributed by atoms with Gasteiger partial charge in [0, 0.05) is 36.0 Å². The van der Waals surface area contributed by atoms with Crippen LogP contribution in [0.25, 0.3) is 0 Å². The van der Waals surface area contributed by atoms with Crippen LogP contribution in [0.4, 0.5) is 0 Å². The molecule has 1 heterocycles. The van der Waals surface area contributed by atoms with Gasteiger partial charge in [-0.15, -0.1) is 0 Å². The Labute approximate surface area is 142 Å². The smallest absolute Gasteiger partial charge is 0.188 e. The number of thioether (sulfide) groups is 1. The summed E-state index contributed by atoms with van der Waals surface area (Å²) < 4.78 is 0.